The minimum atomic E-state index is -4.74. The lowest BCUT2D eigenvalue weighted by Gasteiger charge is -2.08. The number of alkyl halides is 3. The van der Waals surface area contributed by atoms with Crippen LogP contribution >= 0.6 is 15.9 Å². The van der Waals surface area contributed by atoms with Crippen LogP contribution in [-0.2, 0) is 12.6 Å². The van der Waals surface area contributed by atoms with E-state index in [1.807, 2.05) is 0 Å². The summed E-state index contributed by atoms with van der Waals surface area (Å²) in [4.78, 5) is 19.4. The Morgan fingerprint density at radius 1 is 1.17 bits per heavy atom. The second kappa shape index (κ2) is 7.31. The van der Waals surface area contributed by atoms with Gasteiger partial charge in [-0.15, -0.1) is 10.2 Å². The van der Waals surface area contributed by atoms with Crippen molar-refractivity contribution in [3.05, 3.63) is 57.7 Å². The van der Waals surface area contributed by atoms with Gasteiger partial charge in [-0.1, -0.05) is 0 Å². The van der Waals surface area contributed by atoms with Crippen molar-refractivity contribution in [3.8, 4) is 0 Å². The average Bonchev–Trinajstić information content (AvgIpc) is 3.24. The van der Waals surface area contributed by atoms with Crippen molar-refractivity contribution in [2.75, 3.05) is 6.54 Å². The van der Waals surface area contributed by atoms with Crippen LogP contribution in [0.4, 0.5) is 22.0 Å². The molecule has 0 unspecified atom stereocenters. The molecule has 2 N–H and O–H groups in total. The molecule has 0 atom stereocenters. The number of nitrogens with one attached hydrogen (secondary N) is 2. The minimum absolute atomic E-state index is 0.0581. The Kier molecular flexibility index (Phi) is 4.92. The minimum Gasteiger partial charge on any atom is -0.351 e. The lowest BCUT2D eigenvalue weighted by Crippen LogP contribution is -2.26. The molecular formula is C17H10BrF5N6O. The standard InChI is InChI=1S/C17H10BrF5N6O/c18-7-3-8(14-27-28-16(17(21,22)23)29(14)6-7)15(30)24-2-1-13-25-11-4-9(19)10(20)5-12(11)26-13/h3-6H,1-2H2,(H,24,30)(H,25,26). The fraction of sp³-hybridized carbons (Fsp3) is 0.176. The topological polar surface area (TPSA) is 88.0 Å². The molecule has 3 heterocycles. The summed E-state index contributed by atoms with van der Waals surface area (Å²) in [7, 11) is 0. The van der Waals surface area contributed by atoms with Crippen molar-refractivity contribution in [2.45, 2.75) is 12.6 Å². The lowest BCUT2D eigenvalue weighted by molar-refractivity contribution is -0.145. The molecule has 0 radical (unpaired) electrons. The lowest BCUT2D eigenvalue weighted by atomic mass is 10.2. The highest BCUT2D eigenvalue weighted by Gasteiger charge is 2.37. The molecule has 3 aromatic heterocycles. The zero-order valence-corrected chi connectivity index (χ0v) is 16.3. The highest BCUT2D eigenvalue weighted by Crippen LogP contribution is 2.29. The maximum absolute atomic E-state index is 13.3. The van der Waals surface area contributed by atoms with Crippen LogP contribution in [0.1, 0.15) is 22.0 Å². The maximum atomic E-state index is 13.3. The Bertz CT molecular complexity index is 1240. The first kappa shape index (κ1) is 20.2. The van der Waals surface area contributed by atoms with E-state index in [0.29, 0.717) is 15.7 Å². The molecule has 156 valence electrons. The van der Waals surface area contributed by atoms with Crippen LogP contribution < -0.4 is 5.32 Å². The van der Waals surface area contributed by atoms with Crippen LogP contribution in [0.25, 0.3) is 16.7 Å². The van der Waals surface area contributed by atoms with Crippen molar-refractivity contribution in [2.24, 2.45) is 0 Å². The van der Waals surface area contributed by atoms with Crippen molar-refractivity contribution in [3.63, 3.8) is 0 Å². The number of carbonyl (C=O) groups excluding carboxylic acids is 1. The number of aromatic nitrogens is 5. The molecule has 7 nitrogen and oxygen atoms in total. The van der Waals surface area contributed by atoms with E-state index in [1.165, 1.54) is 6.07 Å². The molecule has 0 aliphatic rings. The van der Waals surface area contributed by atoms with Gasteiger partial charge in [0.05, 0.1) is 16.6 Å². The van der Waals surface area contributed by atoms with Gasteiger partial charge in [0.1, 0.15) is 5.82 Å². The summed E-state index contributed by atoms with van der Waals surface area (Å²) in [6.07, 6.45) is -3.44. The fourth-order valence-corrected chi connectivity index (χ4v) is 3.32. The first-order valence-corrected chi connectivity index (χ1v) is 9.16. The first-order chi connectivity index (χ1) is 14.1. The summed E-state index contributed by atoms with van der Waals surface area (Å²) in [6.45, 7) is 0.0581. The number of hydrogen-bond donors (Lipinski definition) is 2. The molecule has 4 rings (SSSR count). The zero-order valence-electron chi connectivity index (χ0n) is 14.7. The molecule has 0 saturated heterocycles. The Morgan fingerprint density at radius 3 is 2.63 bits per heavy atom. The predicted octanol–water partition coefficient (Wildman–Crippen LogP) is 3.64. The van der Waals surface area contributed by atoms with Crippen LogP contribution in [0.2, 0.25) is 0 Å². The van der Waals surface area contributed by atoms with E-state index in [9.17, 15) is 26.7 Å². The molecule has 0 fully saturated rings. The molecule has 1 aromatic carbocycles. The summed E-state index contributed by atoms with van der Waals surface area (Å²) in [5.41, 5.74) is 0.165. The van der Waals surface area contributed by atoms with Crippen molar-refractivity contribution in [1.29, 1.82) is 0 Å². The van der Waals surface area contributed by atoms with Crippen LogP contribution in [0.5, 0.6) is 0 Å². The normalized spacial score (nSPS) is 12.1. The van der Waals surface area contributed by atoms with Crippen molar-refractivity contribution in [1.82, 2.24) is 29.9 Å². The molecule has 1 amide bonds. The Balaban J connectivity index is 1.52. The number of amides is 1. The Labute approximate surface area is 172 Å². The number of carbonyl (C=O) groups is 1. The number of imidazole rings is 1. The van der Waals surface area contributed by atoms with Gasteiger partial charge >= 0.3 is 6.18 Å². The van der Waals surface area contributed by atoms with Gasteiger partial charge in [-0.25, -0.2) is 13.8 Å². The van der Waals surface area contributed by atoms with Crippen LogP contribution in [0, 0.1) is 11.6 Å². The molecule has 0 aliphatic carbocycles. The summed E-state index contributed by atoms with van der Waals surface area (Å²) in [5.74, 6) is -3.60. The van der Waals surface area contributed by atoms with E-state index in [4.69, 9.17) is 0 Å². The number of nitrogens with zero attached hydrogens (tertiary/aromatic N) is 4. The number of rotatable bonds is 4. The van der Waals surface area contributed by atoms with E-state index in [0.717, 1.165) is 18.3 Å². The molecule has 30 heavy (non-hydrogen) atoms. The van der Waals surface area contributed by atoms with Crippen LogP contribution in [0.3, 0.4) is 0 Å². The zero-order chi connectivity index (χ0) is 21.6. The quantitative estimate of drug-likeness (QED) is 0.429. The number of pyridine rings is 1. The molecule has 4 aromatic rings. The maximum Gasteiger partial charge on any atom is 0.452 e. The van der Waals surface area contributed by atoms with E-state index in [-0.39, 0.29) is 34.2 Å². The first-order valence-electron chi connectivity index (χ1n) is 8.37. The number of fused-ring (bicyclic) bond motifs is 2. The number of benzene rings is 1. The number of aromatic amines is 1. The van der Waals surface area contributed by atoms with Gasteiger partial charge in [0.15, 0.2) is 17.3 Å². The van der Waals surface area contributed by atoms with Gasteiger partial charge in [0.2, 0.25) is 5.82 Å². The molecule has 0 aliphatic heterocycles. The largest absolute Gasteiger partial charge is 0.452 e. The van der Waals surface area contributed by atoms with Crippen LogP contribution in [0.15, 0.2) is 28.9 Å². The average molecular weight is 489 g/mol. The van der Waals surface area contributed by atoms with Gasteiger partial charge in [0, 0.05) is 35.8 Å². The van der Waals surface area contributed by atoms with E-state index >= 15 is 0 Å². The SMILES string of the molecule is O=C(NCCc1nc2cc(F)c(F)cc2[nH]1)c1cc(Br)cn2c(C(F)(F)F)nnc12. The molecule has 0 spiro atoms. The smallest absolute Gasteiger partial charge is 0.351 e. The molecular weight excluding hydrogens is 479 g/mol. The summed E-state index contributed by atoms with van der Waals surface area (Å²) in [5, 5.41) is 9.16. The van der Waals surface area contributed by atoms with Gasteiger partial charge in [-0.3, -0.25) is 9.20 Å². The Hall–Kier alpha value is -3.09. The third-order valence-corrected chi connectivity index (χ3v) is 4.62. The third kappa shape index (κ3) is 3.72. The van der Waals surface area contributed by atoms with Gasteiger partial charge in [-0.2, -0.15) is 13.2 Å². The van der Waals surface area contributed by atoms with Gasteiger partial charge in [-0.05, 0) is 22.0 Å². The summed E-state index contributed by atoms with van der Waals surface area (Å²) in [6, 6.07) is 3.25. The van der Waals surface area contributed by atoms with E-state index < -0.39 is 29.5 Å². The highest BCUT2D eigenvalue weighted by molar-refractivity contribution is 9.10. The van der Waals surface area contributed by atoms with Crippen molar-refractivity contribution >= 4 is 38.5 Å². The Morgan fingerprint density at radius 2 is 1.90 bits per heavy atom. The molecule has 0 saturated carbocycles. The number of H-pyrrole nitrogens is 1. The van der Waals surface area contributed by atoms with E-state index in [1.54, 1.807) is 0 Å². The predicted molar refractivity (Wildman–Crippen MR) is 97.7 cm³/mol. The third-order valence-electron chi connectivity index (χ3n) is 4.19. The second-order valence-electron chi connectivity index (χ2n) is 6.26. The monoisotopic (exact) mass is 488 g/mol. The van der Waals surface area contributed by atoms with E-state index in [2.05, 4.69) is 41.4 Å². The van der Waals surface area contributed by atoms with Crippen molar-refractivity contribution < 1.29 is 26.7 Å². The number of halogens is 6. The molecule has 0 bridgehead atoms. The second-order valence-corrected chi connectivity index (χ2v) is 7.18. The van der Waals surface area contributed by atoms with Gasteiger partial charge < -0.3 is 10.3 Å². The number of hydrogen-bond acceptors (Lipinski definition) is 4. The fourth-order valence-electron chi connectivity index (χ4n) is 2.89. The summed E-state index contributed by atoms with van der Waals surface area (Å²) >= 11 is 3.07. The van der Waals surface area contributed by atoms with Crippen LogP contribution in [-0.4, -0.2) is 37.0 Å². The molecule has 13 heteroatoms. The summed E-state index contributed by atoms with van der Waals surface area (Å²) < 4.78 is 66.6. The highest BCUT2D eigenvalue weighted by atomic mass is 79.9. The van der Waals surface area contributed by atoms with Gasteiger partial charge in [0.25, 0.3) is 5.91 Å².